The summed E-state index contributed by atoms with van der Waals surface area (Å²) in [5.74, 6) is -1.06. The number of para-hydroxylation sites is 1. The average molecular weight is 284 g/mol. The third-order valence-corrected chi connectivity index (χ3v) is 2.96. The molecule has 0 fully saturated rings. The maximum atomic E-state index is 13.6. The van der Waals surface area contributed by atoms with Crippen LogP contribution >= 0.6 is 0 Å². The molecule has 0 radical (unpaired) electrons. The zero-order valence-electron chi connectivity index (χ0n) is 11.2. The van der Waals surface area contributed by atoms with E-state index < -0.39 is 11.8 Å². The maximum absolute atomic E-state index is 13.6. The second-order valence-corrected chi connectivity index (χ2v) is 4.45. The maximum Gasteiger partial charge on any atom is 0.310 e. The zero-order valence-corrected chi connectivity index (χ0v) is 11.2. The molecule has 2 N–H and O–H groups in total. The number of ether oxygens (including phenoxy) is 1. The lowest BCUT2D eigenvalue weighted by Crippen LogP contribution is -2.10. The molecule has 0 spiro atoms. The lowest BCUT2D eigenvalue weighted by Gasteiger charge is -2.07. The summed E-state index contributed by atoms with van der Waals surface area (Å²) in [7, 11) is 0. The molecular weight excluding hydrogens is 271 g/mol. The Hall–Kier alpha value is -2.87. The standard InChI is InChI=1S/C16H13FN2O2/c17-14-7-11(9-18)5-6-13(14)10-21-16(20)8-12-3-1-2-4-15(12)19/h1-7H,8,10,19H2. The van der Waals surface area contributed by atoms with E-state index in [-0.39, 0.29) is 24.2 Å². The molecule has 2 rings (SSSR count). The third-order valence-electron chi connectivity index (χ3n) is 2.96. The van der Waals surface area contributed by atoms with Crippen molar-refractivity contribution < 1.29 is 13.9 Å². The van der Waals surface area contributed by atoms with E-state index in [0.717, 1.165) is 6.07 Å². The normalized spacial score (nSPS) is 9.90. The van der Waals surface area contributed by atoms with Crippen LogP contribution in [0.15, 0.2) is 42.5 Å². The Bertz CT molecular complexity index is 708. The van der Waals surface area contributed by atoms with Gasteiger partial charge in [-0.05, 0) is 23.8 Å². The van der Waals surface area contributed by atoms with Gasteiger partial charge in [-0.1, -0.05) is 24.3 Å². The first-order valence-electron chi connectivity index (χ1n) is 6.27. The summed E-state index contributed by atoms with van der Waals surface area (Å²) in [6.07, 6.45) is 0.0323. The number of nitrogens with two attached hydrogens (primary N) is 1. The van der Waals surface area contributed by atoms with E-state index in [4.69, 9.17) is 15.7 Å². The first-order valence-corrected chi connectivity index (χ1v) is 6.27. The van der Waals surface area contributed by atoms with Crippen molar-refractivity contribution in [1.82, 2.24) is 0 Å². The molecular formula is C16H13FN2O2. The molecule has 106 valence electrons. The number of nitrogen functional groups attached to an aromatic ring is 1. The molecule has 5 heteroatoms. The molecule has 2 aromatic rings. The Labute approximate surface area is 121 Å². The Balaban J connectivity index is 1.96. The molecule has 0 aliphatic rings. The van der Waals surface area contributed by atoms with Crippen molar-refractivity contribution in [3.63, 3.8) is 0 Å². The van der Waals surface area contributed by atoms with Crippen molar-refractivity contribution in [3.05, 3.63) is 65.0 Å². The number of esters is 1. The molecule has 0 heterocycles. The van der Waals surface area contributed by atoms with Gasteiger partial charge in [-0.25, -0.2) is 4.39 Å². The zero-order chi connectivity index (χ0) is 15.2. The number of carbonyl (C=O) groups excluding carboxylic acids is 1. The van der Waals surface area contributed by atoms with Crippen LogP contribution in [0.5, 0.6) is 0 Å². The lowest BCUT2D eigenvalue weighted by molar-refractivity contribution is -0.144. The Morgan fingerprint density at radius 3 is 2.67 bits per heavy atom. The highest BCUT2D eigenvalue weighted by Crippen LogP contribution is 2.14. The fraction of sp³-hybridized carbons (Fsp3) is 0.125. The van der Waals surface area contributed by atoms with Gasteiger partial charge in [-0.3, -0.25) is 4.79 Å². The van der Waals surface area contributed by atoms with Gasteiger partial charge in [0.05, 0.1) is 18.1 Å². The molecule has 0 saturated heterocycles. The molecule has 2 aromatic carbocycles. The van der Waals surface area contributed by atoms with Crippen LogP contribution in [-0.2, 0) is 22.6 Å². The number of nitriles is 1. The molecule has 0 unspecified atom stereocenters. The first-order chi connectivity index (χ1) is 10.1. The van der Waals surface area contributed by atoms with Crippen molar-refractivity contribution >= 4 is 11.7 Å². The summed E-state index contributed by atoms with van der Waals surface area (Å²) in [6.45, 7) is -0.177. The van der Waals surface area contributed by atoms with Crippen molar-refractivity contribution in [2.75, 3.05) is 5.73 Å². The van der Waals surface area contributed by atoms with Gasteiger partial charge in [0.15, 0.2) is 0 Å². The quantitative estimate of drug-likeness (QED) is 0.691. The molecule has 0 amide bonds. The highest BCUT2D eigenvalue weighted by atomic mass is 19.1. The Kier molecular flexibility index (Phi) is 4.52. The number of halogens is 1. The van der Waals surface area contributed by atoms with Crippen molar-refractivity contribution in [1.29, 1.82) is 5.26 Å². The van der Waals surface area contributed by atoms with E-state index in [1.54, 1.807) is 24.3 Å². The number of carbonyl (C=O) groups is 1. The molecule has 4 nitrogen and oxygen atoms in total. The monoisotopic (exact) mass is 284 g/mol. The van der Waals surface area contributed by atoms with Crippen molar-refractivity contribution in [2.45, 2.75) is 13.0 Å². The smallest absolute Gasteiger partial charge is 0.310 e. The molecule has 0 aliphatic heterocycles. The van der Waals surface area contributed by atoms with Crippen molar-refractivity contribution in [2.24, 2.45) is 0 Å². The number of rotatable bonds is 4. The highest BCUT2D eigenvalue weighted by molar-refractivity contribution is 5.74. The first kappa shape index (κ1) is 14.5. The summed E-state index contributed by atoms with van der Waals surface area (Å²) in [4.78, 5) is 11.7. The summed E-state index contributed by atoms with van der Waals surface area (Å²) in [5, 5.41) is 8.65. The van der Waals surface area contributed by atoms with E-state index in [2.05, 4.69) is 0 Å². The van der Waals surface area contributed by atoms with E-state index >= 15 is 0 Å². The minimum absolute atomic E-state index is 0.0323. The second kappa shape index (κ2) is 6.53. The topological polar surface area (TPSA) is 76.1 Å². The fourth-order valence-electron chi connectivity index (χ4n) is 1.79. The molecule has 0 aromatic heterocycles. The number of benzene rings is 2. The molecule has 0 aliphatic carbocycles. The SMILES string of the molecule is N#Cc1ccc(COC(=O)Cc2ccccc2N)c(F)c1. The Morgan fingerprint density at radius 2 is 2.00 bits per heavy atom. The van der Waals surface area contributed by atoms with E-state index in [9.17, 15) is 9.18 Å². The van der Waals surface area contributed by atoms with Crippen LogP contribution in [-0.4, -0.2) is 5.97 Å². The van der Waals surface area contributed by atoms with E-state index in [1.165, 1.54) is 12.1 Å². The van der Waals surface area contributed by atoms with Gasteiger partial charge >= 0.3 is 5.97 Å². The van der Waals surface area contributed by atoms with Gasteiger partial charge in [0, 0.05) is 11.3 Å². The molecule has 21 heavy (non-hydrogen) atoms. The fourth-order valence-corrected chi connectivity index (χ4v) is 1.79. The van der Waals surface area contributed by atoms with Crippen LogP contribution in [0.3, 0.4) is 0 Å². The Morgan fingerprint density at radius 1 is 1.24 bits per heavy atom. The third kappa shape index (κ3) is 3.80. The number of nitrogens with zero attached hydrogens (tertiary/aromatic N) is 1. The van der Waals surface area contributed by atoms with Gasteiger partial charge in [-0.15, -0.1) is 0 Å². The van der Waals surface area contributed by atoms with Gasteiger partial charge < -0.3 is 10.5 Å². The second-order valence-electron chi connectivity index (χ2n) is 4.45. The molecule has 0 saturated carbocycles. The van der Waals surface area contributed by atoms with Gasteiger partial charge in [0.25, 0.3) is 0 Å². The number of anilines is 1. The van der Waals surface area contributed by atoms with Crippen LogP contribution in [0.25, 0.3) is 0 Å². The minimum atomic E-state index is -0.568. The van der Waals surface area contributed by atoms with Gasteiger partial charge in [-0.2, -0.15) is 5.26 Å². The van der Waals surface area contributed by atoms with Gasteiger partial charge in [0.1, 0.15) is 12.4 Å². The summed E-state index contributed by atoms with van der Waals surface area (Å²) in [6, 6.07) is 12.8. The van der Waals surface area contributed by atoms with E-state index in [0.29, 0.717) is 11.3 Å². The largest absolute Gasteiger partial charge is 0.460 e. The average Bonchev–Trinajstić information content (AvgIpc) is 2.48. The molecule has 0 atom stereocenters. The lowest BCUT2D eigenvalue weighted by atomic mass is 10.1. The van der Waals surface area contributed by atoms with Crippen LogP contribution in [0.2, 0.25) is 0 Å². The summed E-state index contributed by atoms with van der Waals surface area (Å²) >= 11 is 0. The van der Waals surface area contributed by atoms with Crippen LogP contribution in [0.4, 0.5) is 10.1 Å². The number of hydrogen-bond donors (Lipinski definition) is 1. The van der Waals surface area contributed by atoms with Crippen molar-refractivity contribution in [3.8, 4) is 6.07 Å². The van der Waals surface area contributed by atoms with E-state index in [1.807, 2.05) is 6.07 Å². The summed E-state index contributed by atoms with van der Waals surface area (Å²) in [5.41, 5.74) is 7.36. The predicted molar refractivity (Wildman–Crippen MR) is 75.5 cm³/mol. The summed E-state index contributed by atoms with van der Waals surface area (Å²) < 4.78 is 18.6. The predicted octanol–water partition coefficient (Wildman–Crippen LogP) is 2.57. The van der Waals surface area contributed by atoms with Crippen LogP contribution in [0, 0.1) is 17.1 Å². The minimum Gasteiger partial charge on any atom is -0.460 e. The number of hydrogen-bond acceptors (Lipinski definition) is 4. The van der Waals surface area contributed by atoms with Crippen LogP contribution < -0.4 is 5.73 Å². The molecule has 0 bridgehead atoms. The van der Waals surface area contributed by atoms with Gasteiger partial charge in [0.2, 0.25) is 0 Å². The highest BCUT2D eigenvalue weighted by Gasteiger charge is 2.10. The van der Waals surface area contributed by atoms with Crippen LogP contribution in [0.1, 0.15) is 16.7 Å².